The van der Waals surface area contributed by atoms with Crippen LogP contribution in [-0.2, 0) is 20.1 Å². The van der Waals surface area contributed by atoms with Crippen LogP contribution in [0.15, 0.2) is 48.5 Å². The van der Waals surface area contributed by atoms with Gasteiger partial charge in [-0.2, -0.15) is 0 Å². The number of benzene rings is 2. The zero-order chi connectivity index (χ0) is 16.7. The van der Waals surface area contributed by atoms with E-state index in [0.717, 1.165) is 10.5 Å². The second-order valence-electron chi connectivity index (χ2n) is 5.77. The zero-order valence-electron chi connectivity index (χ0n) is 13.1. The van der Waals surface area contributed by atoms with Gasteiger partial charge in [-0.25, -0.2) is 9.69 Å². The molecule has 0 saturated carbocycles. The van der Waals surface area contributed by atoms with Crippen LogP contribution in [0.3, 0.4) is 0 Å². The van der Waals surface area contributed by atoms with E-state index in [-0.39, 0.29) is 0 Å². The van der Waals surface area contributed by atoms with Gasteiger partial charge in [0.2, 0.25) is 0 Å². The summed E-state index contributed by atoms with van der Waals surface area (Å²) < 4.78 is 11.3. The van der Waals surface area contributed by atoms with Gasteiger partial charge in [0.15, 0.2) is 0 Å². The van der Waals surface area contributed by atoms with Crippen molar-refractivity contribution < 1.29 is 19.1 Å². The average molecular weight is 324 g/mol. The lowest BCUT2D eigenvalue weighted by Crippen LogP contribution is -2.45. The van der Waals surface area contributed by atoms with Crippen molar-refractivity contribution in [2.75, 3.05) is 23.4 Å². The highest BCUT2D eigenvalue weighted by Gasteiger charge is 2.57. The largest absolute Gasteiger partial charge is 0.336 e. The SMILES string of the molecule is Cc1ccc2c(c1)C1(OCCO1)C(=O)N2C(=O)Nc1ccccc1. The Balaban J connectivity index is 1.74. The Morgan fingerprint density at radius 2 is 1.83 bits per heavy atom. The Labute approximate surface area is 139 Å². The predicted molar refractivity (Wildman–Crippen MR) is 87.7 cm³/mol. The first kappa shape index (κ1) is 14.9. The van der Waals surface area contributed by atoms with Crippen LogP contribution >= 0.6 is 0 Å². The van der Waals surface area contributed by atoms with Crippen molar-refractivity contribution in [3.8, 4) is 0 Å². The number of nitrogens with one attached hydrogen (secondary N) is 1. The van der Waals surface area contributed by atoms with E-state index in [1.807, 2.05) is 37.3 Å². The summed E-state index contributed by atoms with van der Waals surface area (Å²) in [6.45, 7) is 2.54. The summed E-state index contributed by atoms with van der Waals surface area (Å²) >= 11 is 0. The number of amides is 3. The number of ether oxygens (including phenoxy) is 2. The maximum atomic E-state index is 12.9. The lowest BCUT2D eigenvalue weighted by Gasteiger charge is -2.21. The van der Waals surface area contributed by atoms with Crippen LogP contribution < -0.4 is 10.2 Å². The van der Waals surface area contributed by atoms with Gasteiger partial charge >= 0.3 is 11.9 Å². The molecule has 0 aromatic heterocycles. The van der Waals surface area contributed by atoms with Crippen LogP contribution in [0.1, 0.15) is 11.1 Å². The van der Waals surface area contributed by atoms with E-state index < -0.39 is 17.7 Å². The van der Waals surface area contributed by atoms with Crippen molar-refractivity contribution in [1.82, 2.24) is 0 Å². The molecule has 6 nitrogen and oxygen atoms in total. The fourth-order valence-corrected chi connectivity index (χ4v) is 3.07. The molecule has 2 heterocycles. The van der Waals surface area contributed by atoms with E-state index in [1.54, 1.807) is 18.2 Å². The van der Waals surface area contributed by atoms with Crippen molar-refractivity contribution >= 4 is 23.3 Å². The minimum Gasteiger partial charge on any atom is -0.336 e. The molecule has 2 aliphatic heterocycles. The van der Waals surface area contributed by atoms with E-state index in [0.29, 0.717) is 30.2 Å². The Morgan fingerprint density at radius 1 is 1.12 bits per heavy atom. The van der Waals surface area contributed by atoms with E-state index in [1.165, 1.54) is 0 Å². The van der Waals surface area contributed by atoms with Crippen molar-refractivity contribution in [3.63, 3.8) is 0 Å². The molecule has 1 fully saturated rings. The van der Waals surface area contributed by atoms with Crippen molar-refractivity contribution in [2.24, 2.45) is 0 Å². The van der Waals surface area contributed by atoms with E-state index in [2.05, 4.69) is 5.32 Å². The van der Waals surface area contributed by atoms with Crippen LogP contribution in [-0.4, -0.2) is 25.2 Å². The van der Waals surface area contributed by atoms with Crippen LogP contribution in [0.4, 0.5) is 16.2 Å². The molecule has 3 amide bonds. The van der Waals surface area contributed by atoms with Gasteiger partial charge in [-0.1, -0.05) is 29.8 Å². The average Bonchev–Trinajstić information content (AvgIpc) is 3.15. The normalized spacial score (nSPS) is 18.0. The summed E-state index contributed by atoms with van der Waals surface area (Å²) in [6, 6.07) is 13.9. The maximum absolute atomic E-state index is 12.9. The van der Waals surface area contributed by atoms with E-state index in [9.17, 15) is 9.59 Å². The van der Waals surface area contributed by atoms with E-state index >= 15 is 0 Å². The molecule has 0 aliphatic carbocycles. The van der Waals surface area contributed by atoms with Crippen LogP contribution in [0.2, 0.25) is 0 Å². The molecule has 6 heteroatoms. The number of fused-ring (bicyclic) bond motifs is 2. The third-order valence-electron chi connectivity index (χ3n) is 4.15. The summed E-state index contributed by atoms with van der Waals surface area (Å²) in [6.07, 6.45) is 0. The Hall–Kier alpha value is -2.70. The smallest absolute Gasteiger partial charge is 0.333 e. The number of hydrogen-bond acceptors (Lipinski definition) is 4. The van der Waals surface area contributed by atoms with Crippen molar-refractivity contribution in [1.29, 1.82) is 0 Å². The fraction of sp³-hybridized carbons (Fsp3) is 0.222. The summed E-state index contributed by atoms with van der Waals surface area (Å²) in [5.41, 5.74) is 2.64. The lowest BCUT2D eigenvalue weighted by molar-refractivity contribution is -0.180. The highest BCUT2D eigenvalue weighted by Crippen LogP contribution is 2.46. The molecule has 1 saturated heterocycles. The van der Waals surface area contributed by atoms with Gasteiger partial charge in [0.05, 0.1) is 18.9 Å². The minimum atomic E-state index is -1.50. The lowest BCUT2D eigenvalue weighted by atomic mass is 10.0. The number of imide groups is 1. The molecule has 0 bridgehead atoms. The number of rotatable bonds is 1. The number of aryl methyl sites for hydroxylation is 1. The third kappa shape index (κ3) is 2.11. The number of anilines is 2. The van der Waals surface area contributed by atoms with Crippen molar-refractivity contribution in [2.45, 2.75) is 12.7 Å². The van der Waals surface area contributed by atoms with Gasteiger partial charge in [0.25, 0.3) is 5.79 Å². The molecule has 24 heavy (non-hydrogen) atoms. The van der Waals surface area contributed by atoms with Gasteiger partial charge < -0.3 is 14.8 Å². The monoisotopic (exact) mass is 324 g/mol. The second-order valence-corrected chi connectivity index (χ2v) is 5.77. The summed E-state index contributed by atoms with van der Waals surface area (Å²) in [7, 11) is 0. The number of urea groups is 1. The summed E-state index contributed by atoms with van der Waals surface area (Å²) in [5, 5.41) is 2.73. The topological polar surface area (TPSA) is 67.9 Å². The molecule has 2 aromatic rings. The third-order valence-corrected chi connectivity index (χ3v) is 4.15. The molecule has 122 valence electrons. The number of para-hydroxylation sites is 1. The molecule has 2 aliphatic rings. The molecule has 0 radical (unpaired) electrons. The Morgan fingerprint density at radius 3 is 2.54 bits per heavy atom. The fourth-order valence-electron chi connectivity index (χ4n) is 3.07. The van der Waals surface area contributed by atoms with Crippen LogP contribution in [0.25, 0.3) is 0 Å². The van der Waals surface area contributed by atoms with Gasteiger partial charge in [-0.3, -0.25) is 4.79 Å². The minimum absolute atomic E-state index is 0.313. The van der Waals surface area contributed by atoms with Gasteiger partial charge in [-0.05, 0) is 31.2 Å². The Bertz CT molecular complexity index is 813. The molecule has 0 atom stereocenters. The van der Waals surface area contributed by atoms with Crippen LogP contribution in [0.5, 0.6) is 0 Å². The number of carbonyl (C=O) groups is 2. The quantitative estimate of drug-likeness (QED) is 0.876. The predicted octanol–water partition coefficient (Wildman–Crippen LogP) is 2.77. The molecular weight excluding hydrogens is 308 g/mol. The zero-order valence-corrected chi connectivity index (χ0v) is 13.1. The van der Waals surface area contributed by atoms with Crippen molar-refractivity contribution in [3.05, 3.63) is 59.7 Å². The molecule has 4 rings (SSSR count). The Kier molecular flexibility index (Phi) is 3.37. The molecule has 0 unspecified atom stereocenters. The molecule has 1 N–H and O–H groups in total. The number of nitrogens with zero attached hydrogens (tertiary/aromatic N) is 1. The van der Waals surface area contributed by atoms with Gasteiger partial charge in [-0.15, -0.1) is 0 Å². The first-order valence-corrected chi connectivity index (χ1v) is 7.71. The van der Waals surface area contributed by atoms with Crippen LogP contribution in [0, 0.1) is 6.92 Å². The molecule has 1 spiro atoms. The second kappa shape index (κ2) is 5.43. The van der Waals surface area contributed by atoms with Gasteiger partial charge in [0, 0.05) is 11.3 Å². The highest BCUT2D eigenvalue weighted by molar-refractivity contribution is 6.24. The first-order chi connectivity index (χ1) is 11.6. The highest BCUT2D eigenvalue weighted by atomic mass is 16.7. The number of hydrogen-bond donors (Lipinski definition) is 1. The number of carbonyl (C=O) groups excluding carboxylic acids is 2. The van der Waals surface area contributed by atoms with E-state index in [4.69, 9.17) is 9.47 Å². The summed E-state index contributed by atoms with van der Waals surface area (Å²) in [4.78, 5) is 26.7. The first-order valence-electron chi connectivity index (χ1n) is 7.71. The summed E-state index contributed by atoms with van der Waals surface area (Å²) in [5.74, 6) is -2.02. The maximum Gasteiger partial charge on any atom is 0.333 e. The molecule has 2 aromatic carbocycles. The molecular formula is C18H16N2O4. The van der Waals surface area contributed by atoms with Gasteiger partial charge in [0.1, 0.15) is 0 Å². The standard InChI is InChI=1S/C18H16N2O4/c1-12-7-8-15-14(11-12)18(23-9-10-24-18)16(21)20(15)17(22)19-13-5-3-2-4-6-13/h2-8,11H,9-10H2,1H3,(H,19,22).